The van der Waals surface area contributed by atoms with Crippen LogP contribution in [0.4, 0.5) is 5.69 Å². The predicted octanol–water partition coefficient (Wildman–Crippen LogP) is 3.84. The SMILES string of the molecule is COc1ccc(C(=O)Nc2cc(Cl)cc3cccnc23)cc1S(=O)(=O)NC(C)C. The highest BCUT2D eigenvalue weighted by atomic mass is 35.5. The molecule has 0 saturated carbocycles. The van der Waals surface area contributed by atoms with Gasteiger partial charge in [-0.1, -0.05) is 17.7 Å². The first-order valence-corrected chi connectivity index (χ1v) is 10.6. The monoisotopic (exact) mass is 433 g/mol. The van der Waals surface area contributed by atoms with Crippen LogP contribution in [0.5, 0.6) is 5.75 Å². The zero-order chi connectivity index (χ0) is 21.2. The molecular formula is C20H20ClN3O4S. The molecule has 3 rings (SSSR count). The van der Waals surface area contributed by atoms with Gasteiger partial charge in [-0.3, -0.25) is 9.78 Å². The van der Waals surface area contributed by atoms with E-state index in [9.17, 15) is 13.2 Å². The number of hydrogen-bond acceptors (Lipinski definition) is 5. The fourth-order valence-corrected chi connectivity index (χ4v) is 4.52. The van der Waals surface area contributed by atoms with E-state index < -0.39 is 15.9 Å². The minimum Gasteiger partial charge on any atom is -0.495 e. The topological polar surface area (TPSA) is 97.4 Å². The Bertz CT molecular complexity index is 1180. The van der Waals surface area contributed by atoms with E-state index in [1.54, 1.807) is 38.2 Å². The second-order valence-electron chi connectivity index (χ2n) is 6.62. The number of pyridine rings is 1. The van der Waals surface area contributed by atoms with E-state index in [2.05, 4.69) is 15.0 Å². The van der Waals surface area contributed by atoms with Gasteiger partial charge in [-0.05, 0) is 50.2 Å². The number of methoxy groups -OCH3 is 1. The van der Waals surface area contributed by atoms with E-state index in [-0.39, 0.29) is 22.3 Å². The summed E-state index contributed by atoms with van der Waals surface area (Å²) < 4.78 is 32.9. The maximum Gasteiger partial charge on any atom is 0.255 e. The number of benzene rings is 2. The number of nitrogens with one attached hydrogen (secondary N) is 2. The third-order valence-electron chi connectivity index (χ3n) is 4.02. The molecular weight excluding hydrogens is 414 g/mol. The van der Waals surface area contributed by atoms with Crippen molar-refractivity contribution in [1.82, 2.24) is 9.71 Å². The quantitative estimate of drug-likeness (QED) is 0.615. The largest absolute Gasteiger partial charge is 0.495 e. The van der Waals surface area contributed by atoms with Crippen molar-refractivity contribution in [2.45, 2.75) is 24.8 Å². The summed E-state index contributed by atoms with van der Waals surface area (Å²) >= 11 is 6.14. The fraction of sp³-hybridized carbons (Fsp3) is 0.200. The zero-order valence-electron chi connectivity index (χ0n) is 16.1. The molecule has 2 N–H and O–H groups in total. The molecule has 0 unspecified atom stereocenters. The molecule has 0 saturated heterocycles. The van der Waals surface area contributed by atoms with E-state index in [4.69, 9.17) is 16.3 Å². The summed E-state index contributed by atoms with van der Waals surface area (Å²) in [7, 11) is -2.49. The molecule has 0 radical (unpaired) electrons. The Kier molecular flexibility index (Phi) is 6.07. The van der Waals surface area contributed by atoms with Gasteiger partial charge in [-0.2, -0.15) is 0 Å². The zero-order valence-corrected chi connectivity index (χ0v) is 17.6. The van der Waals surface area contributed by atoms with Crippen LogP contribution in [0.3, 0.4) is 0 Å². The van der Waals surface area contributed by atoms with E-state index in [0.717, 1.165) is 5.39 Å². The lowest BCUT2D eigenvalue weighted by molar-refractivity contribution is 0.102. The number of rotatable bonds is 6. The van der Waals surface area contributed by atoms with E-state index in [0.29, 0.717) is 16.2 Å². The lowest BCUT2D eigenvalue weighted by atomic mass is 10.1. The van der Waals surface area contributed by atoms with Gasteiger partial charge in [-0.15, -0.1) is 0 Å². The molecule has 1 amide bonds. The Labute approximate surface area is 174 Å². The van der Waals surface area contributed by atoms with Gasteiger partial charge >= 0.3 is 0 Å². The predicted molar refractivity (Wildman–Crippen MR) is 113 cm³/mol. The normalized spacial score (nSPS) is 11.6. The molecule has 29 heavy (non-hydrogen) atoms. The second-order valence-corrected chi connectivity index (χ2v) is 8.74. The number of amides is 1. The number of fused-ring (bicyclic) bond motifs is 1. The lowest BCUT2D eigenvalue weighted by Gasteiger charge is -2.14. The van der Waals surface area contributed by atoms with Crippen LogP contribution < -0.4 is 14.8 Å². The number of ether oxygens (including phenoxy) is 1. The minimum atomic E-state index is -3.86. The Hall–Kier alpha value is -2.68. The highest BCUT2D eigenvalue weighted by molar-refractivity contribution is 7.89. The summed E-state index contributed by atoms with van der Waals surface area (Å²) in [4.78, 5) is 17.0. The van der Waals surface area contributed by atoms with Gasteiger partial charge in [-0.25, -0.2) is 13.1 Å². The van der Waals surface area contributed by atoms with Gasteiger partial charge in [0.15, 0.2) is 0 Å². The molecule has 2 aromatic carbocycles. The average Bonchev–Trinajstić information content (AvgIpc) is 2.66. The number of aromatic nitrogens is 1. The molecule has 1 aromatic heterocycles. The number of hydrogen-bond donors (Lipinski definition) is 2. The van der Waals surface area contributed by atoms with E-state index >= 15 is 0 Å². The van der Waals surface area contributed by atoms with Gasteiger partial charge in [0, 0.05) is 28.2 Å². The third-order valence-corrected chi connectivity index (χ3v) is 5.92. The maximum absolute atomic E-state index is 12.8. The van der Waals surface area contributed by atoms with Crippen molar-refractivity contribution in [2.24, 2.45) is 0 Å². The molecule has 0 aliphatic carbocycles. The molecule has 7 nitrogen and oxygen atoms in total. The third kappa shape index (κ3) is 4.67. The maximum atomic E-state index is 12.8. The van der Waals surface area contributed by atoms with Crippen LogP contribution in [0.15, 0.2) is 53.6 Å². The summed E-state index contributed by atoms with van der Waals surface area (Å²) in [6.45, 7) is 3.41. The molecule has 9 heteroatoms. The Morgan fingerprint density at radius 1 is 1.17 bits per heavy atom. The highest BCUT2D eigenvalue weighted by Crippen LogP contribution is 2.28. The minimum absolute atomic E-state index is 0.115. The van der Waals surface area contributed by atoms with E-state index in [1.807, 2.05) is 6.07 Å². The van der Waals surface area contributed by atoms with Crippen molar-refractivity contribution < 1.29 is 17.9 Å². The first-order valence-electron chi connectivity index (χ1n) is 8.77. The summed E-state index contributed by atoms with van der Waals surface area (Å²) in [6, 6.07) is 10.8. The lowest BCUT2D eigenvalue weighted by Crippen LogP contribution is -2.30. The van der Waals surface area contributed by atoms with Crippen LogP contribution in [0.2, 0.25) is 5.02 Å². The Morgan fingerprint density at radius 2 is 1.93 bits per heavy atom. The number of anilines is 1. The highest BCUT2D eigenvalue weighted by Gasteiger charge is 2.23. The molecule has 0 aliphatic heterocycles. The summed E-state index contributed by atoms with van der Waals surface area (Å²) in [5.41, 5.74) is 1.16. The van der Waals surface area contributed by atoms with Crippen molar-refractivity contribution in [3.8, 4) is 5.75 Å². The Balaban J connectivity index is 2.00. The van der Waals surface area contributed by atoms with Gasteiger partial charge in [0.2, 0.25) is 10.0 Å². The number of nitrogens with zero attached hydrogens (tertiary/aromatic N) is 1. The van der Waals surface area contributed by atoms with Gasteiger partial charge in [0.1, 0.15) is 10.6 Å². The van der Waals surface area contributed by atoms with Crippen molar-refractivity contribution in [3.63, 3.8) is 0 Å². The molecule has 0 atom stereocenters. The standard InChI is InChI=1S/C20H20ClN3O4S/c1-12(2)24-29(26,27)18-10-14(6-7-17(18)28-3)20(25)23-16-11-15(21)9-13-5-4-8-22-19(13)16/h4-12,24H,1-3H3,(H,23,25). The summed E-state index contributed by atoms with van der Waals surface area (Å²) in [5, 5.41) is 3.97. The van der Waals surface area contributed by atoms with Crippen molar-refractivity contribution in [1.29, 1.82) is 0 Å². The van der Waals surface area contributed by atoms with Crippen LogP contribution in [-0.2, 0) is 10.0 Å². The average molecular weight is 434 g/mol. The van der Waals surface area contributed by atoms with Crippen LogP contribution in [0.25, 0.3) is 10.9 Å². The Morgan fingerprint density at radius 3 is 2.62 bits per heavy atom. The van der Waals surface area contributed by atoms with Crippen molar-refractivity contribution in [3.05, 3.63) is 59.2 Å². The van der Waals surface area contributed by atoms with E-state index in [1.165, 1.54) is 25.3 Å². The van der Waals surface area contributed by atoms with Gasteiger partial charge < -0.3 is 10.1 Å². The molecule has 0 spiro atoms. The molecule has 0 fully saturated rings. The molecule has 1 heterocycles. The van der Waals surface area contributed by atoms with Crippen molar-refractivity contribution >= 4 is 44.1 Å². The first kappa shape index (κ1) is 21.0. The fourth-order valence-electron chi connectivity index (χ4n) is 2.85. The first-order chi connectivity index (χ1) is 13.7. The molecule has 152 valence electrons. The van der Waals surface area contributed by atoms with Crippen LogP contribution in [0, 0.1) is 0 Å². The van der Waals surface area contributed by atoms with Crippen LogP contribution in [0.1, 0.15) is 24.2 Å². The molecule has 0 bridgehead atoms. The number of carbonyl (C=O) groups is 1. The smallest absolute Gasteiger partial charge is 0.255 e. The van der Waals surface area contributed by atoms with Crippen LogP contribution in [-0.4, -0.2) is 32.5 Å². The number of carbonyl (C=O) groups excluding carboxylic acids is 1. The van der Waals surface area contributed by atoms with Gasteiger partial charge in [0.05, 0.1) is 18.3 Å². The second kappa shape index (κ2) is 8.36. The van der Waals surface area contributed by atoms with Gasteiger partial charge in [0.25, 0.3) is 5.91 Å². The number of halogens is 1. The van der Waals surface area contributed by atoms with Crippen molar-refractivity contribution in [2.75, 3.05) is 12.4 Å². The van der Waals surface area contributed by atoms with Crippen LogP contribution >= 0.6 is 11.6 Å². The molecule has 0 aliphatic rings. The number of sulfonamides is 1. The molecule has 3 aromatic rings. The summed E-state index contributed by atoms with van der Waals surface area (Å²) in [6.07, 6.45) is 1.61. The summed E-state index contributed by atoms with van der Waals surface area (Å²) in [5.74, 6) is -0.354.